The SMILES string of the molecule is c1ccc(-n2c3ccccc3c3c(-n4c5ccccc5c5ccc(N(c6ccc7ccc8cccc9ccc6c7c89)c6ccc7ccc8cccc9ccc6c7c89)cc54)cccc32)cc1. The van der Waals surface area contributed by atoms with Crippen LogP contribution in [0.15, 0.2) is 224 Å². The highest BCUT2D eigenvalue weighted by molar-refractivity contribution is 6.29. The second-order valence-corrected chi connectivity index (χ2v) is 17.6. The summed E-state index contributed by atoms with van der Waals surface area (Å²) >= 11 is 0. The van der Waals surface area contributed by atoms with Gasteiger partial charge in [0.15, 0.2) is 0 Å². The lowest BCUT2D eigenvalue weighted by Gasteiger charge is -2.29. The van der Waals surface area contributed by atoms with Gasteiger partial charge in [-0.3, -0.25) is 0 Å². The Kier molecular flexibility index (Phi) is 6.95. The summed E-state index contributed by atoms with van der Waals surface area (Å²) in [4.78, 5) is 2.54. The fourth-order valence-electron chi connectivity index (χ4n) is 11.6. The average molecular weight is 824 g/mol. The molecule has 0 atom stereocenters. The second-order valence-electron chi connectivity index (χ2n) is 17.6. The molecule has 3 heteroatoms. The quantitative estimate of drug-likeness (QED) is 0.158. The molecular weight excluding hydrogens is 787 g/mol. The van der Waals surface area contributed by atoms with Crippen LogP contribution in [-0.2, 0) is 0 Å². The fraction of sp³-hybridized carbons (Fsp3) is 0. The maximum atomic E-state index is 2.54. The highest BCUT2D eigenvalue weighted by Crippen LogP contribution is 2.49. The van der Waals surface area contributed by atoms with Gasteiger partial charge >= 0.3 is 0 Å². The van der Waals surface area contributed by atoms with Crippen molar-refractivity contribution in [1.82, 2.24) is 9.13 Å². The molecule has 0 aliphatic heterocycles. The molecule has 0 unspecified atom stereocenters. The monoisotopic (exact) mass is 823 g/mol. The lowest BCUT2D eigenvalue weighted by molar-refractivity contribution is 1.17. The summed E-state index contributed by atoms with van der Waals surface area (Å²) in [5.41, 5.74) is 10.4. The predicted octanol–water partition coefficient (Wildman–Crippen LogP) is 17.1. The number of nitrogens with zero attached hydrogens (tertiary/aromatic N) is 3. The van der Waals surface area contributed by atoms with E-state index in [-0.39, 0.29) is 0 Å². The molecule has 2 heterocycles. The first-order valence-electron chi connectivity index (χ1n) is 22.5. The van der Waals surface area contributed by atoms with Crippen molar-refractivity contribution in [3.05, 3.63) is 224 Å². The lowest BCUT2D eigenvalue weighted by atomic mass is 9.91. The van der Waals surface area contributed by atoms with E-state index in [1.807, 2.05) is 0 Å². The number of rotatable bonds is 5. The van der Waals surface area contributed by atoms with Crippen LogP contribution in [-0.4, -0.2) is 9.13 Å². The summed E-state index contributed by atoms with van der Waals surface area (Å²) in [5, 5.41) is 20.2. The highest BCUT2D eigenvalue weighted by Gasteiger charge is 2.25. The molecule has 0 fully saturated rings. The molecule has 0 aliphatic rings. The largest absolute Gasteiger partial charge is 0.309 e. The van der Waals surface area contributed by atoms with Gasteiger partial charge in [0.05, 0.1) is 39.1 Å². The molecule has 0 amide bonds. The van der Waals surface area contributed by atoms with Gasteiger partial charge in [-0.25, -0.2) is 0 Å². The third kappa shape index (κ3) is 4.74. The topological polar surface area (TPSA) is 13.1 Å². The van der Waals surface area contributed by atoms with Crippen LogP contribution in [0.3, 0.4) is 0 Å². The first-order chi connectivity index (χ1) is 32.3. The summed E-state index contributed by atoms with van der Waals surface area (Å²) < 4.78 is 4.93. The lowest BCUT2D eigenvalue weighted by Crippen LogP contribution is -2.11. The summed E-state index contributed by atoms with van der Waals surface area (Å²) in [6, 6.07) is 83.6. The minimum Gasteiger partial charge on any atom is -0.309 e. The third-order valence-corrected chi connectivity index (χ3v) is 14.3. The van der Waals surface area contributed by atoms with Crippen molar-refractivity contribution in [2.24, 2.45) is 0 Å². The van der Waals surface area contributed by atoms with Crippen molar-refractivity contribution in [1.29, 1.82) is 0 Å². The molecule has 0 spiro atoms. The van der Waals surface area contributed by atoms with Crippen LogP contribution in [0.5, 0.6) is 0 Å². The van der Waals surface area contributed by atoms with E-state index in [9.17, 15) is 0 Å². The van der Waals surface area contributed by atoms with Crippen LogP contribution in [0.4, 0.5) is 17.1 Å². The van der Waals surface area contributed by atoms with Gasteiger partial charge in [-0.15, -0.1) is 0 Å². The molecule has 0 radical (unpaired) electrons. The Hall–Kier alpha value is -8.66. The van der Waals surface area contributed by atoms with Crippen molar-refractivity contribution >= 4 is 125 Å². The average Bonchev–Trinajstić information content (AvgIpc) is 3.89. The minimum absolute atomic E-state index is 1.10. The summed E-state index contributed by atoms with van der Waals surface area (Å²) in [5.74, 6) is 0. The number of benzene rings is 13. The smallest absolute Gasteiger partial charge is 0.0562 e. The molecule has 3 nitrogen and oxygen atoms in total. The number of para-hydroxylation sites is 3. The molecule has 2 aromatic heterocycles. The normalized spacial score (nSPS) is 12.3. The zero-order chi connectivity index (χ0) is 42.3. The van der Waals surface area contributed by atoms with Gasteiger partial charge in [0.1, 0.15) is 0 Å². The summed E-state index contributed by atoms with van der Waals surface area (Å²) in [7, 11) is 0. The first-order valence-corrected chi connectivity index (χ1v) is 22.5. The van der Waals surface area contributed by atoms with Gasteiger partial charge in [-0.2, -0.15) is 0 Å². The molecule has 15 aromatic rings. The standard InChI is InChI=1S/C62H37N3/c1-2-15-44(16-3-1)63-52-20-7-5-18-48(52)62-55(63)21-10-22-56(62)65-51-19-6-4-17-46(51)47-34-31-45(37-57(47)65)64(53-35-29-42-25-23-38-11-8-13-40-27-32-49(53)60(42)58(38)40)54-36-30-43-26-24-39-12-9-14-41-28-33-50(54)61(43)59(39)41/h1-37H. The molecule has 65 heavy (non-hydrogen) atoms. The van der Waals surface area contributed by atoms with E-state index >= 15 is 0 Å². The summed E-state index contributed by atoms with van der Waals surface area (Å²) in [6.07, 6.45) is 0. The van der Waals surface area contributed by atoms with Crippen molar-refractivity contribution in [2.45, 2.75) is 0 Å². The molecule has 0 saturated carbocycles. The van der Waals surface area contributed by atoms with Gasteiger partial charge in [-0.1, -0.05) is 164 Å². The Balaban J connectivity index is 1.06. The van der Waals surface area contributed by atoms with E-state index < -0.39 is 0 Å². The molecule has 0 aliphatic carbocycles. The van der Waals surface area contributed by atoms with Crippen molar-refractivity contribution in [2.75, 3.05) is 4.90 Å². The van der Waals surface area contributed by atoms with Crippen molar-refractivity contribution in [3.8, 4) is 11.4 Å². The Labute approximate surface area is 373 Å². The molecule has 0 N–H and O–H groups in total. The zero-order valence-electron chi connectivity index (χ0n) is 35.2. The molecule has 300 valence electrons. The molecule has 0 bridgehead atoms. The van der Waals surface area contributed by atoms with Gasteiger partial charge in [0, 0.05) is 43.7 Å². The predicted molar refractivity (Wildman–Crippen MR) is 277 cm³/mol. The van der Waals surface area contributed by atoms with Crippen LogP contribution in [0, 0.1) is 0 Å². The Bertz CT molecular complexity index is 4240. The number of fused-ring (bicyclic) bond motifs is 6. The Morgan fingerprint density at radius 3 is 1.35 bits per heavy atom. The zero-order valence-corrected chi connectivity index (χ0v) is 35.2. The van der Waals surface area contributed by atoms with Crippen molar-refractivity contribution in [3.63, 3.8) is 0 Å². The number of anilines is 3. The Morgan fingerprint density at radius 2 is 0.723 bits per heavy atom. The van der Waals surface area contributed by atoms with Gasteiger partial charge in [0.2, 0.25) is 0 Å². The maximum absolute atomic E-state index is 2.54. The fourth-order valence-corrected chi connectivity index (χ4v) is 11.6. The van der Waals surface area contributed by atoms with Crippen LogP contribution in [0.25, 0.3) is 120 Å². The Morgan fingerprint density at radius 1 is 0.262 bits per heavy atom. The second kappa shape index (κ2) is 12.9. The van der Waals surface area contributed by atoms with Gasteiger partial charge in [0.25, 0.3) is 0 Å². The van der Waals surface area contributed by atoms with E-state index in [4.69, 9.17) is 0 Å². The van der Waals surface area contributed by atoms with Gasteiger partial charge in [-0.05, 0) is 115 Å². The van der Waals surface area contributed by atoms with Crippen LogP contribution >= 0.6 is 0 Å². The van der Waals surface area contributed by atoms with E-state index in [1.54, 1.807) is 0 Å². The minimum atomic E-state index is 1.10. The van der Waals surface area contributed by atoms with Crippen molar-refractivity contribution < 1.29 is 0 Å². The highest BCUT2D eigenvalue weighted by atomic mass is 15.1. The van der Waals surface area contributed by atoms with Gasteiger partial charge < -0.3 is 14.0 Å². The van der Waals surface area contributed by atoms with E-state index in [2.05, 4.69) is 238 Å². The summed E-state index contributed by atoms with van der Waals surface area (Å²) in [6.45, 7) is 0. The maximum Gasteiger partial charge on any atom is 0.0562 e. The molecule has 13 aromatic carbocycles. The third-order valence-electron chi connectivity index (χ3n) is 14.3. The van der Waals surface area contributed by atoms with E-state index in [0.29, 0.717) is 0 Å². The molecular formula is C62H37N3. The van der Waals surface area contributed by atoms with Crippen LogP contribution in [0.1, 0.15) is 0 Å². The number of aromatic nitrogens is 2. The molecule has 0 saturated heterocycles. The van der Waals surface area contributed by atoms with Crippen LogP contribution < -0.4 is 4.90 Å². The first kappa shape index (κ1) is 34.9. The molecule has 15 rings (SSSR count). The number of hydrogen-bond donors (Lipinski definition) is 0. The van der Waals surface area contributed by atoms with E-state index in [1.165, 1.54) is 103 Å². The number of hydrogen-bond acceptors (Lipinski definition) is 1. The van der Waals surface area contributed by atoms with Crippen LogP contribution in [0.2, 0.25) is 0 Å². The van der Waals surface area contributed by atoms with E-state index in [0.717, 1.165) is 34.0 Å².